The summed E-state index contributed by atoms with van der Waals surface area (Å²) in [6.45, 7) is 8.44. The van der Waals surface area contributed by atoms with Gasteiger partial charge < -0.3 is 10.1 Å². The molecule has 4 heteroatoms. The number of nitrogens with one attached hydrogen (secondary N) is 1. The van der Waals surface area contributed by atoms with E-state index in [0.29, 0.717) is 5.88 Å². The highest BCUT2D eigenvalue weighted by atomic mass is 16.5. The molecule has 0 aromatic carbocycles. The second-order valence-electron chi connectivity index (χ2n) is 5.57. The van der Waals surface area contributed by atoms with Gasteiger partial charge >= 0.3 is 0 Å². The number of piperidine rings is 1. The number of ether oxygens (including phenoxy) is 1. The summed E-state index contributed by atoms with van der Waals surface area (Å²) in [5, 5.41) is 11.7. The number of aromatic nitrogens is 2. The highest BCUT2D eigenvalue weighted by Crippen LogP contribution is 2.21. The van der Waals surface area contributed by atoms with Crippen LogP contribution in [0.3, 0.4) is 0 Å². The minimum atomic E-state index is 0.0420. The molecule has 2 rings (SSSR count). The summed E-state index contributed by atoms with van der Waals surface area (Å²) >= 11 is 0. The highest BCUT2D eigenvalue weighted by Gasteiger charge is 2.18. The van der Waals surface area contributed by atoms with Crippen LogP contribution in [0.1, 0.15) is 39.3 Å². The third-order valence-electron chi connectivity index (χ3n) is 2.98. The van der Waals surface area contributed by atoms with Gasteiger partial charge in [0.2, 0.25) is 5.88 Å². The van der Waals surface area contributed by atoms with E-state index in [4.69, 9.17) is 4.74 Å². The maximum Gasteiger partial charge on any atom is 0.233 e. The normalized spacial score (nSPS) is 18.1. The lowest BCUT2D eigenvalue weighted by atomic mass is 9.92. The van der Waals surface area contributed by atoms with Gasteiger partial charge in [0, 0.05) is 11.5 Å². The van der Waals surface area contributed by atoms with Gasteiger partial charge in [-0.15, -0.1) is 5.10 Å². The molecule has 1 N–H and O–H groups in total. The summed E-state index contributed by atoms with van der Waals surface area (Å²) < 4.78 is 5.81. The first-order valence-corrected chi connectivity index (χ1v) is 6.27. The second kappa shape index (κ2) is 5.00. The van der Waals surface area contributed by atoms with E-state index in [-0.39, 0.29) is 11.5 Å². The Balaban J connectivity index is 1.98. The average molecular weight is 235 g/mol. The predicted molar refractivity (Wildman–Crippen MR) is 67.3 cm³/mol. The molecule has 1 fully saturated rings. The fourth-order valence-electron chi connectivity index (χ4n) is 1.87. The van der Waals surface area contributed by atoms with E-state index in [2.05, 4.69) is 36.3 Å². The third kappa shape index (κ3) is 3.40. The van der Waals surface area contributed by atoms with Crippen LogP contribution < -0.4 is 10.1 Å². The van der Waals surface area contributed by atoms with Crippen molar-refractivity contribution in [2.75, 3.05) is 13.1 Å². The number of rotatable bonds is 2. The van der Waals surface area contributed by atoms with Gasteiger partial charge in [0.25, 0.3) is 0 Å². The summed E-state index contributed by atoms with van der Waals surface area (Å²) in [6.07, 6.45) is 2.37. The van der Waals surface area contributed by atoms with Crippen molar-refractivity contribution < 1.29 is 4.74 Å². The topological polar surface area (TPSA) is 47.0 Å². The van der Waals surface area contributed by atoms with Crippen LogP contribution in [0.5, 0.6) is 5.88 Å². The van der Waals surface area contributed by atoms with Gasteiger partial charge in [-0.3, -0.25) is 0 Å². The molecule has 0 amide bonds. The Bertz CT molecular complexity index is 350. The molecule has 1 aliphatic rings. The zero-order valence-electron chi connectivity index (χ0n) is 10.9. The molecule has 0 atom stereocenters. The molecule has 2 heterocycles. The van der Waals surface area contributed by atoms with E-state index >= 15 is 0 Å². The van der Waals surface area contributed by atoms with Gasteiger partial charge in [0.15, 0.2) is 0 Å². The molecular formula is C13H21N3O. The first kappa shape index (κ1) is 12.3. The smallest absolute Gasteiger partial charge is 0.233 e. The molecule has 0 saturated carbocycles. The highest BCUT2D eigenvalue weighted by molar-refractivity contribution is 5.17. The summed E-state index contributed by atoms with van der Waals surface area (Å²) in [7, 11) is 0. The Morgan fingerprint density at radius 2 is 1.88 bits per heavy atom. The number of hydrogen-bond donors (Lipinski definition) is 1. The number of hydrogen-bond acceptors (Lipinski definition) is 4. The van der Waals surface area contributed by atoms with Crippen LogP contribution >= 0.6 is 0 Å². The Morgan fingerprint density at radius 1 is 1.18 bits per heavy atom. The standard InChI is InChI=1S/C13H21N3O/c1-13(2,3)11-4-5-12(16-15-11)17-10-6-8-14-9-7-10/h4-5,10,14H,6-9H2,1-3H3. The molecule has 1 saturated heterocycles. The molecule has 0 aliphatic carbocycles. The molecule has 0 spiro atoms. The largest absolute Gasteiger partial charge is 0.473 e. The molecular weight excluding hydrogens is 214 g/mol. The van der Waals surface area contributed by atoms with Crippen LogP contribution in [0, 0.1) is 0 Å². The van der Waals surface area contributed by atoms with E-state index in [0.717, 1.165) is 31.6 Å². The maximum absolute atomic E-state index is 5.81. The quantitative estimate of drug-likeness (QED) is 0.850. The van der Waals surface area contributed by atoms with E-state index < -0.39 is 0 Å². The Kier molecular flexibility index (Phi) is 3.62. The van der Waals surface area contributed by atoms with Crippen LogP contribution in [0.2, 0.25) is 0 Å². The molecule has 17 heavy (non-hydrogen) atoms. The molecule has 0 bridgehead atoms. The molecule has 1 aromatic heterocycles. The summed E-state index contributed by atoms with van der Waals surface area (Å²) in [6, 6.07) is 3.93. The van der Waals surface area contributed by atoms with Crippen molar-refractivity contribution in [1.82, 2.24) is 15.5 Å². The lowest BCUT2D eigenvalue weighted by molar-refractivity contribution is 0.154. The fourth-order valence-corrected chi connectivity index (χ4v) is 1.87. The molecule has 4 nitrogen and oxygen atoms in total. The average Bonchev–Trinajstić information content (AvgIpc) is 2.30. The minimum Gasteiger partial charge on any atom is -0.473 e. The van der Waals surface area contributed by atoms with Gasteiger partial charge in [0.1, 0.15) is 6.10 Å². The first-order valence-electron chi connectivity index (χ1n) is 6.27. The van der Waals surface area contributed by atoms with Gasteiger partial charge in [-0.05, 0) is 32.0 Å². The van der Waals surface area contributed by atoms with E-state index in [1.807, 2.05) is 12.1 Å². The molecule has 0 radical (unpaired) electrons. The van der Waals surface area contributed by atoms with Crippen molar-refractivity contribution in [2.24, 2.45) is 0 Å². The Hall–Kier alpha value is -1.16. The molecule has 1 aromatic rings. The summed E-state index contributed by atoms with van der Waals surface area (Å²) in [5.41, 5.74) is 1.04. The summed E-state index contributed by atoms with van der Waals surface area (Å²) in [5.74, 6) is 0.643. The van der Waals surface area contributed by atoms with Crippen molar-refractivity contribution in [1.29, 1.82) is 0 Å². The van der Waals surface area contributed by atoms with Gasteiger partial charge in [-0.1, -0.05) is 20.8 Å². The van der Waals surface area contributed by atoms with Gasteiger partial charge in [-0.2, -0.15) is 5.10 Å². The van der Waals surface area contributed by atoms with E-state index in [1.165, 1.54) is 0 Å². The molecule has 94 valence electrons. The number of nitrogens with zero attached hydrogens (tertiary/aromatic N) is 2. The predicted octanol–water partition coefficient (Wildman–Crippen LogP) is 1.90. The van der Waals surface area contributed by atoms with E-state index in [9.17, 15) is 0 Å². The zero-order chi connectivity index (χ0) is 12.3. The van der Waals surface area contributed by atoms with Crippen molar-refractivity contribution in [3.63, 3.8) is 0 Å². The first-order chi connectivity index (χ1) is 8.05. The Labute approximate surface area is 103 Å². The monoisotopic (exact) mass is 235 g/mol. The van der Waals surface area contributed by atoms with Crippen LogP contribution in [-0.4, -0.2) is 29.4 Å². The van der Waals surface area contributed by atoms with Crippen molar-refractivity contribution in [2.45, 2.75) is 45.1 Å². The van der Waals surface area contributed by atoms with Crippen molar-refractivity contribution in [3.05, 3.63) is 17.8 Å². The van der Waals surface area contributed by atoms with Crippen LogP contribution in [0.4, 0.5) is 0 Å². The van der Waals surface area contributed by atoms with Crippen LogP contribution in [0.25, 0.3) is 0 Å². The van der Waals surface area contributed by atoms with Gasteiger partial charge in [0.05, 0.1) is 5.69 Å². The Morgan fingerprint density at radius 3 is 2.41 bits per heavy atom. The van der Waals surface area contributed by atoms with Gasteiger partial charge in [-0.25, -0.2) is 0 Å². The minimum absolute atomic E-state index is 0.0420. The third-order valence-corrected chi connectivity index (χ3v) is 2.98. The zero-order valence-corrected chi connectivity index (χ0v) is 10.9. The maximum atomic E-state index is 5.81. The second-order valence-corrected chi connectivity index (χ2v) is 5.57. The van der Waals surface area contributed by atoms with Crippen LogP contribution in [-0.2, 0) is 5.41 Å². The molecule has 1 aliphatic heterocycles. The van der Waals surface area contributed by atoms with Crippen molar-refractivity contribution >= 4 is 0 Å². The van der Waals surface area contributed by atoms with Crippen LogP contribution in [0.15, 0.2) is 12.1 Å². The SMILES string of the molecule is CC(C)(C)c1ccc(OC2CCNCC2)nn1. The lowest BCUT2D eigenvalue weighted by Gasteiger charge is -2.23. The fraction of sp³-hybridized carbons (Fsp3) is 0.692. The molecule has 0 unspecified atom stereocenters. The summed E-state index contributed by atoms with van der Waals surface area (Å²) in [4.78, 5) is 0. The van der Waals surface area contributed by atoms with Crippen molar-refractivity contribution in [3.8, 4) is 5.88 Å². The van der Waals surface area contributed by atoms with E-state index in [1.54, 1.807) is 0 Å². The lowest BCUT2D eigenvalue weighted by Crippen LogP contribution is -2.34.